The van der Waals surface area contributed by atoms with E-state index in [4.69, 9.17) is 0 Å². The Hall–Kier alpha value is -2.71. The van der Waals surface area contributed by atoms with Gasteiger partial charge in [0, 0.05) is 12.1 Å². The summed E-state index contributed by atoms with van der Waals surface area (Å²) in [6.45, 7) is 2.63. The molecule has 0 radical (unpaired) electrons. The molecule has 0 aliphatic carbocycles. The molecule has 19 heavy (non-hydrogen) atoms. The lowest BCUT2D eigenvalue weighted by Crippen LogP contribution is -2.38. The minimum atomic E-state index is -1.52. The van der Waals surface area contributed by atoms with Crippen LogP contribution in [0.15, 0.2) is 12.1 Å². The van der Waals surface area contributed by atoms with Gasteiger partial charge in [0.1, 0.15) is 0 Å². The molecule has 102 valence electrons. The Labute approximate surface area is 107 Å². The second-order valence-corrected chi connectivity index (χ2v) is 3.88. The van der Waals surface area contributed by atoms with Crippen molar-refractivity contribution < 1.29 is 19.7 Å². The molecular weight excluding hydrogens is 258 g/mol. The molecule has 0 bridgehead atoms. The SMILES string of the molecule is Cc1cc([N+](=O)[O-])c(N[C@@H](C)C(=O)[O-])c([N+](=O)[O-])c1. The van der Waals surface area contributed by atoms with Crippen LogP contribution < -0.4 is 10.4 Å². The number of carboxylic acids is 1. The molecule has 1 atom stereocenters. The second-order valence-electron chi connectivity index (χ2n) is 3.88. The first-order valence-electron chi connectivity index (χ1n) is 5.15. The van der Waals surface area contributed by atoms with Gasteiger partial charge in [-0.3, -0.25) is 20.2 Å². The number of carboxylic acid groups (broad SMARTS) is 1. The average Bonchev–Trinajstić information content (AvgIpc) is 2.29. The summed E-state index contributed by atoms with van der Waals surface area (Å²) in [6.07, 6.45) is 0. The smallest absolute Gasteiger partial charge is 0.299 e. The molecule has 1 aromatic carbocycles. The van der Waals surface area contributed by atoms with Crippen molar-refractivity contribution in [1.82, 2.24) is 0 Å². The molecule has 1 N–H and O–H groups in total. The van der Waals surface area contributed by atoms with Crippen LogP contribution >= 0.6 is 0 Å². The lowest BCUT2D eigenvalue weighted by molar-refractivity contribution is -0.392. The monoisotopic (exact) mass is 268 g/mol. The van der Waals surface area contributed by atoms with Gasteiger partial charge in [0.25, 0.3) is 11.4 Å². The number of hydrogen-bond donors (Lipinski definition) is 1. The number of carbonyl (C=O) groups excluding carboxylic acids is 1. The van der Waals surface area contributed by atoms with Crippen molar-refractivity contribution in [2.75, 3.05) is 5.32 Å². The van der Waals surface area contributed by atoms with E-state index < -0.39 is 38.9 Å². The maximum Gasteiger partial charge on any atom is 0.299 e. The fraction of sp³-hybridized carbons (Fsp3) is 0.300. The number of benzene rings is 1. The van der Waals surface area contributed by atoms with Crippen LogP contribution in [0.2, 0.25) is 0 Å². The predicted molar refractivity (Wildman–Crippen MR) is 62.6 cm³/mol. The number of nitrogens with zero attached hydrogens (tertiary/aromatic N) is 2. The van der Waals surface area contributed by atoms with Gasteiger partial charge in [0.15, 0.2) is 5.69 Å². The number of hydrogen-bond acceptors (Lipinski definition) is 7. The topological polar surface area (TPSA) is 138 Å². The molecule has 0 saturated heterocycles. The van der Waals surface area contributed by atoms with E-state index in [1.54, 1.807) is 0 Å². The van der Waals surface area contributed by atoms with Crippen LogP contribution in [-0.2, 0) is 4.79 Å². The van der Waals surface area contributed by atoms with E-state index >= 15 is 0 Å². The Morgan fingerprint density at radius 2 is 1.63 bits per heavy atom. The summed E-state index contributed by atoms with van der Waals surface area (Å²) in [6, 6.07) is 0.939. The number of anilines is 1. The first kappa shape index (κ1) is 14.4. The van der Waals surface area contributed by atoms with Gasteiger partial charge < -0.3 is 15.2 Å². The maximum absolute atomic E-state index is 10.9. The Morgan fingerprint density at radius 1 is 1.21 bits per heavy atom. The minimum absolute atomic E-state index is 0.324. The molecule has 9 nitrogen and oxygen atoms in total. The summed E-state index contributed by atoms with van der Waals surface area (Å²) in [5.74, 6) is -1.52. The fourth-order valence-corrected chi connectivity index (χ4v) is 1.46. The molecule has 0 fully saturated rings. The highest BCUT2D eigenvalue weighted by Gasteiger charge is 2.27. The van der Waals surface area contributed by atoms with Gasteiger partial charge in [0.2, 0.25) is 0 Å². The van der Waals surface area contributed by atoms with Crippen molar-refractivity contribution in [3.8, 4) is 0 Å². The second kappa shape index (κ2) is 5.29. The van der Waals surface area contributed by atoms with E-state index in [1.807, 2.05) is 0 Å². The van der Waals surface area contributed by atoms with Crippen molar-refractivity contribution in [3.05, 3.63) is 37.9 Å². The molecule has 0 saturated carbocycles. The van der Waals surface area contributed by atoms with E-state index in [-0.39, 0.29) is 0 Å². The molecule has 0 heterocycles. The van der Waals surface area contributed by atoms with Crippen LogP contribution in [0.3, 0.4) is 0 Å². The predicted octanol–water partition coefficient (Wildman–Crippen LogP) is 0.362. The summed E-state index contributed by atoms with van der Waals surface area (Å²) in [7, 11) is 0. The third-order valence-corrected chi connectivity index (χ3v) is 2.35. The molecule has 0 amide bonds. The van der Waals surface area contributed by atoms with Crippen LogP contribution in [-0.4, -0.2) is 21.9 Å². The Bertz CT molecular complexity index is 521. The van der Waals surface area contributed by atoms with Gasteiger partial charge in [-0.1, -0.05) is 0 Å². The van der Waals surface area contributed by atoms with Crippen LogP contribution in [0.25, 0.3) is 0 Å². The molecular formula is C10H10N3O6-. The number of aryl methyl sites for hydroxylation is 1. The van der Waals surface area contributed by atoms with Gasteiger partial charge in [-0.25, -0.2) is 0 Å². The lowest BCUT2D eigenvalue weighted by atomic mass is 10.1. The van der Waals surface area contributed by atoms with Crippen molar-refractivity contribution in [3.63, 3.8) is 0 Å². The highest BCUT2D eigenvalue weighted by Crippen LogP contribution is 2.35. The number of nitrogens with one attached hydrogen (secondary N) is 1. The summed E-state index contributed by atoms with van der Waals surface area (Å²) in [5, 5.41) is 34.6. The Morgan fingerprint density at radius 3 is 1.95 bits per heavy atom. The van der Waals surface area contributed by atoms with Crippen LogP contribution in [0.5, 0.6) is 0 Å². The molecule has 1 rings (SSSR count). The van der Waals surface area contributed by atoms with Crippen LogP contribution in [0, 0.1) is 27.2 Å². The third-order valence-electron chi connectivity index (χ3n) is 2.35. The van der Waals surface area contributed by atoms with Gasteiger partial charge in [-0.15, -0.1) is 0 Å². The summed E-state index contributed by atoms with van der Waals surface area (Å²) in [4.78, 5) is 30.7. The normalized spacial score (nSPS) is 11.7. The van der Waals surface area contributed by atoms with Gasteiger partial charge in [-0.2, -0.15) is 0 Å². The number of carbonyl (C=O) groups is 1. The summed E-state index contributed by atoms with van der Waals surface area (Å²) < 4.78 is 0. The van der Waals surface area contributed by atoms with Crippen molar-refractivity contribution in [1.29, 1.82) is 0 Å². The van der Waals surface area contributed by atoms with E-state index in [0.717, 1.165) is 12.1 Å². The molecule has 0 aromatic heterocycles. The molecule has 0 aliphatic heterocycles. The summed E-state index contributed by atoms with van der Waals surface area (Å²) in [5.41, 5.74) is -1.23. The lowest BCUT2D eigenvalue weighted by Gasteiger charge is -2.16. The number of aliphatic carboxylic acids is 1. The maximum atomic E-state index is 10.9. The van der Waals surface area contributed by atoms with Crippen molar-refractivity contribution in [2.45, 2.75) is 19.9 Å². The van der Waals surface area contributed by atoms with E-state index in [9.17, 15) is 30.1 Å². The van der Waals surface area contributed by atoms with Gasteiger partial charge in [0.05, 0.1) is 21.9 Å². The number of rotatable bonds is 5. The zero-order valence-electron chi connectivity index (χ0n) is 10.1. The zero-order valence-corrected chi connectivity index (χ0v) is 10.1. The number of nitro groups is 2. The van der Waals surface area contributed by atoms with E-state index in [1.165, 1.54) is 13.8 Å². The Balaban J connectivity index is 3.43. The quantitative estimate of drug-likeness (QED) is 0.600. The van der Waals surface area contributed by atoms with Crippen LogP contribution in [0.1, 0.15) is 12.5 Å². The molecule has 0 unspecified atom stereocenters. The largest absolute Gasteiger partial charge is 0.548 e. The summed E-state index contributed by atoms with van der Waals surface area (Å²) >= 11 is 0. The highest BCUT2D eigenvalue weighted by molar-refractivity contribution is 5.81. The zero-order chi connectivity index (χ0) is 14.7. The molecule has 0 spiro atoms. The van der Waals surface area contributed by atoms with Gasteiger partial charge in [-0.05, 0) is 19.4 Å². The van der Waals surface area contributed by atoms with Gasteiger partial charge >= 0.3 is 0 Å². The molecule has 1 aromatic rings. The highest BCUT2D eigenvalue weighted by atomic mass is 16.6. The minimum Gasteiger partial charge on any atom is -0.548 e. The standard InChI is InChI=1S/C10H11N3O6/c1-5-3-7(12(16)17)9(8(4-5)13(18)19)11-6(2)10(14)15/h3-4,6,11H,1-2H3,(H,14,15)/p-1/t6-/m0/s1. The van der Waals surface area contributed by atoms with Crippen LogP contribution in [0.4, 0.5) is 17.1 Å². The van der Waals surface area contributed by atoms with E-state index in [2.05, 4.69) is 5.32 Å². The Kier molecular flexibility index (Phi) is 4.00. The third kappa shape index (κ3) is 3.15. The molecule has 0 aliphatic rings. The number of nitro benzene ring substituents is 2. The van der Waals surface area contributed by atoms with Crippen molar-refractivity contribution >= 4 is 23.0 Å². The first-order chi connectivity index (χ1) is 8.73. The molecule has 9 heteroatoms. The first-order valence-corrected chi connectivity index (χ1v) is 5.15. The van der Waals surface area contributed by atoms with E-state index in [0.29, 0.717) is 5.56 Å². The average molecular weight is 268 g/mol. The fourth-order valence-electron chi connectivity index (χ4n) is 1.46. The van der Waals surface area contributed by atoms with Crippen molar-refractivity contribution in [2.24, 2.45) is 0 Å².